The quantitative estimate of drug-likeness (QED) is 0.838. The maximum atomic E-state index is 12.0. The van der Waals surface area contributed by atoms with Gasteiger partial charge < -0.3 is 15.4 Å². The van der Waals surface area contributed by atoms with E-state index in [1.54, 1.807) is 24.3 Å². The van der Waals surface area contributed by atoms with Crippen LogP contribution in [0.4, 0.5) is 11.5 Å². The first-order valence-electron chi connectivity index (χ1n) is 7.38. The molecule has 1 heterocycles. The summed E-state index contributed by atoms with van der Waals surface area (Å²) in [6, 6.07) is 6.82. The average Bonchev–Trinajstić information content (AvgIpc) is 2.53. The topological polar surface area (TPSA) is 93.2 Å². The van der Waals surface area contributed by atoms with E-state index >= 15 is 0 Å². The molecule has 0 atom stereocenters. The second kappa shape index (κ2) is 7.08. The van der Waals surface area contributed by atoms with Gasteiger partial charge in [0.2, 0.25) is 0 Å². The van der Waals surface area contributed by atoms with Crippen molar-refractivity contribution in [2.45, 2.75) is 26.3 Å². The summed E-state index contributed by atoms with van der Waals surface area (Å²) in [4.78, 5) is 31.8. The lowest BCUT2D eigenvalue weighted by Crippen LogP contribution is -2.40. The molecule has 2 rings (SSSR count). The van der Waals surface area contributed by atoms with Gasteiger partial charge in [-0.2, -0.15) is 0 Å². The van der Waals surface area contributed by atoms with Crippen molar-refractivity contribution in [3.05, 3.63) is 47.9 Å². The van der Waals surface area contributed by atoms with Gasteiger partial charge in [-0.15, -0.1) is 0 Å². The first-order valence-corrected chi connectivity index (χ1v) is 7.38. The molecule has 0 aliphatic carbocycles. The van der Waals surface area contributed by atoms with Gasteiger partial charge in [0.1, 0.15) is 11.5 Å². The van der Waals surface area contributed by atoms with Gasteiger partial charge in [0, 0.05) is 11.2 Å². The van der Waals surface area contributed by atoms with E-state index < -0.39 is 5.97 Å². The van der Waals surface area contributed by atoms with Gasteiger partial charge in [-0.25, -0.2) is 14.8 Å². The van der Waals surface area contributed by atoms with Gasteiger partial charge in [0.25, 0.3) is 5.91 Å². The minimum absolute atomic E-state index is 0.235. The summed E-state index contributed by atoms with van der Waals surface area (Å²) in [5, 5.41) is 5.84. The van der Waals surface area contributed by atoms with E-state index in [2.05, 4.69) is 25.3 Å². The van der Waals surface area contributed by atoms with E-state index in [1.165, 1.54) is 19.5 Å². The third kappa shape index (κ3) is 4.77. The number of aromatic nitrogens is 2. The fourth-order valence-electron chi connectivity index (χ4n) is 1.90. The Morgan fingerprint density at radius 3 is 2.46 bits per heavy atom. The zero-order valence-electron chi connectivity index (χ0n) is 14.1. The van der Waals surface area contributed by atoms with Crippen LogP contribution in [0, 0.1) is 0 Å². The monoisotopic (exact) mass is 328 g/mol. The number of amides is 1. The minimum Gasteiger partial charge on any atom is -0.465 e. The van der Waals surface area contributed by atoms with Gasteiger partial charge in [0.15, 0.2) is 0 Å². The fourth-order valence-corrected chi connectivity index (χ4v) is 1.90. The summed E-state index contributed by atoms with van der Waals surface area (Å²) in [6.07, 6.45) is 2.86. The summed E-state index contributed by atoms with van der Waals surface area (Å²) in [5.41, 5.74) is 0.985. The molecule has 7 nitrogen and oxygen atoms in total. The Labute approximate surface area is 140 Å². The number of nitrogens with one attached hydrogen (secondary N) is 2. The number of ether oxygens (including phenoxy) is 1. The summed E-state index contributed by atoms with van der Waals surface area (Å²) < 4.78 is 4.68. The lowest BCUT2D eigenvalue weighted by molar-refractivity contribution is 0.0600. The van der Waals surface area contributed by atoms with E-state index in [-0.39, 0.29) is 17.1 Å². The van der Waals surface area contributed by atoms with E-state index in [1.807, 2.05) is 20.8 Å². The van der Waals surface area contributed by atoms with Crippen LogP contribution >= 0.6 is 0 Å². The molecule has 2 aromatic rings. The van der Waals surface area contributed by atoms with Crippen LogP contribution in [-0.4, -0.2) is 34.5 Å². The molecular formula is C17H20N4O3. The van der Waals surface area contributed by atoms with Gasteiger partial charge >= 0.3 is 5.97 Å². The van der Waals surface area contributed by atoms with E-state index in [9.17, 15) is 9.59 Å². The third-order valence-electron chi connectivity index (χ3n) is 2.93. The molecule has 1 amide bonds. The number of anilines is 2. The van der Waals surface area contributed by atoms with Gasteiger partial charge in [-0.05, 0) is 39.0 Å². The highest BCUT2D eigenvalue weighted by Gasteiger charge is 2.16. The van der Waals surface area contributed by atoms with Crippen LogP contribution in [0.5, 0.6) is 0 Å². The normalized spacial score (nSPS) is 10.8. The summed E-state index contributed by atoms with van der Waals surface area (Å²) >= 11 is 0. The Morgan fingerprint density at radius 2 is 1.88 bits per heavy atom. The van der Waals surface area contributed by atoms with Crippen LogP contribution in [0.3, 0.4) is 0 Å². The smallest absolute Gasteiger partial charge is 0.337 e. The number of carbonyl (C=O) groups is 2. The van der Waals surface area contributed by atoms with Gasteiger partial charge in [-0.3, -0.25) is 4.79 Å². The summed E-state index contributed by atoms with van der Waals surface area (Å²) in [5.74, 6) is -0.238. The molecule has 1 aromatic carbocycles. The van der Waals surface area contributed by atoms with Crippen LogP contribution in [0.2, 0.25) is 0 Å². The fraction of sp³-hybridized carbons (Fsp3) is 0.294. The number of methoxy groups -OCH3 is 1. The maximum Gasteiger partial charge on any atom is 0.337 e. The molecule has 2 N–H and O–H groups in total. The lowest BCUT2D eigenvalue weighted by atomic mass is 10.1. The van der Waals surface area contributed by atoms with Crippen LogP contribution in [0.25, 0.3) is 0 Å². The molecule has 0 unspecified atom stereocenters. The molecule has 0 fully saturated rings. The molecule has 0 saturated heterocycles. The minimum atomic E-state index is -0.418. The molecule has 0 aliphatic rings. The van der Waals surface area contributed by atoms with Crippen molar-refractivity contribution in [3.8, 4) is 0 Å². The Hall–Kier alpha value is -2.96. The van der Waals surface area contributed by atoms with Crippen molar-refractivity contribution in [1.29, 1.82) is 0 Å². The first-order chi connectivity index (χ1) is 11.3. The predicted molar refractivity (Wildman–Crippen MR) is 90.3 cm³/mol. The summed E-state index contributed by atoms with van der Waals surface area (Å²) in [6.45, 7) is 5.67. The molecule has 0 bridgehead atoms. The van der Waals surface area contributed by atoms with E-state index in [4.69, 9.17) is 0 Å². The number of rotatable bonds is 4. The molecule has 0 aliphatic heterocycles. The molecule has 24 heavy (non-hydrogen) atoms. The zero-order valence-corrected chi connectivity index (χ0v) is 14.1. The van der Waals surface area contributed by atoms with Crippen LogP contribution in [0.1, 0.15) is 41.6 Å². The van der Waals surface area contributed by atoms with Crippen LogP contribution in [0.15, 0.2) is 36.7 Å². The predicted octanol–water partition coefficient (Wildman–Crippen LogP) is 2.54. The first kappa shape index (κ1) is 17.4. The summed E-state index contributed by atoms with van der Waals surface area (Å²) in [7, 11) is 1.33. The molecular weight excluding hydrogens is 308 g/mol. The van der Waals surface area contributed by atoms with Gasteiger partial charge in [-0.1, -0.05) is 6.07 Å². The van der Waals surface area contributed by atoms with Crippen molar-refractivity contribution in [3.63, 3.8) is 0 Å². The molecule has 0 radical (unpaired) electrons. The largest absolute Gasteiger partial charge is 0.465 e. The Morgan fingerprint density at radius 1 is 1.12 bits per heavy atom. The number of hydrogen-bond donors (Lipinski definition) is 2. The Kier molecular flexibility index (Phi) is 5.13. The molecule has 7 heteroatoms. The Balaban J connectivity index is 2.09. The maximum absolute atomic E-state index is 12.0. The van der Waals surface area contributed by atoms with E-state index in [0.717, 1.165) is 0 Å². The standard InChI is InChI=1S/C17H20N4O3/c1-17(2,3)21-15(22)13-9-19-14(10-18-13)20-12-7-5-6-11(8-12)16(23)24-4/h5-10H,1-4H3,(H,19,20)(H,21,22). The molecule has 1 aromatic heterocycles. The molecule has 0 saturated carbocycles. The van der Waals surface area contributed by atoms with Gasteiger partial charge in [0.05, 0.1) is 25.1 Å². The number of benzene rings is 1. The highest BCUT2D eigenvalue weighted by molar-refractivity contribution is 5.92. The van der Waals surface area contributed by atoms with Crippen molar-refractivity contribution < 1.29 is 14.3 Å². The molecule has 126 valence electrons. The highest BCUT2D eigenvalue weighted by Crippen LogP contribution is 2.16. The van der Waals surface area contributed by atoms with Crippen LogP contribution < -0.4 is 10.6 Å². The number of nitrogens with zero attached hydrogens (tertiary/aromatic N) is 2. The van der Waals surface area contributed by atoms with Crippen molar-refractivity contribution in [1.82, 2.24) is 15.3 Å². The number of esters is 1. The average molecular weight is 328 g/mol. The van der Waals surface area contributed by atoms with E-state index in [0.29, 0.717) is 17.1 Å². The van der Waals surface area contributed by atoms with Crippen molar-refractivity contribution in [2.75, 3.05) is 12.4 Å². The Bertz CT molecular complexity index is 736. The second-order valence-electron chi connectivity index (χ2n) is 6.19. The third-order valence-corrected chi connectivity index (χ3v) is 2.93. The van der Waals surface area contributed by atoms with Crippen molar-refractivity contribution >= 4 is 23.4 Å². The SMILES string of the molecule is COC(=O)c1cccc(Nc2cnc(C(=O)NC(C)(C)C)cn2)c1. The second-order valence-corrected chi connectivity index (χ2v) is 6.19. The highest BCUT2D eigenvalue weighted by atomic mass is 16.5. The lowest BCUT2D eigenvalue weighted by Gasteiger charge is -2.19. The number of hydrogen-bond acceptors (Lipinski definition) is 6. The molecule has 0 spiro atoms. The van der Waals surface area contributed by atoms with Crippen LogP contribution in [-0.2, 0) is 4.74 Å². The zero-order chi connectivity index (χ0) is 17.7. The number of carbonyl (C=O) groups excluding carboxylic acids is 2. The van der Waals surface area contributed by atoms with Crippen molar-refractivity contribution in [2.24, 2.45) is 0 Å².